The highest BCUT2D eigenvalue weighted by atomic mass is 32.2. The Hall–Kier alpha value is -2.54. The van der Waals surface area contributed by atoms with E-state index in [1.807, 2.05) is 19.4 Å². The van der Waals surface area contributed by atoms with Crippen LogP contribution in [0.5, 0.6) is 5.75 Å². The Morgan fingerprint density at radius 3 is 2.32 bits per heavy atom. The highest BCUT2D eigenvalue weighted by Gasteiger charge is 2.29. The second kappa shape index (κ2) is 9.10. The molecular weight excluding hydrogens is 376 g/mol. The topological polar surface area (TPSA) is 86.7 Å². The molecule has 2 aromatic rings. The second-order valence-electron chi connectivity index (χ2n) is 6.87. The van der Waals surface area contributed by atoms with E-state index in [0.717, 1.165) is 18.4 Å². The third-order valence-corrected chi connectivity index (χ3v) is 6.20. The number of phenolic OH excluding ortho intramolecular Hbond substituents is 1. The van der Waals surface area contributed by atoms with Crippen molar-refractivity contribution in [2.24, 2.45) is 0 Å². The van der Waals surface area contributed by atoms with Gasteiger partial charge in [0.2, 0.25) is 5.91 Å². The number of hydrogen-bond acceptors (Lipinski definition) is 4. The summed E-state index contributed by atoms with van der Waals surface area (Å²) >= 11 is 0. The van der Waals surface area contributed by atoms with Gasteiger partial charge in [0, 0.05) is 18.7 Å². The van der Waals surface area contributed by atoms with Crippen LogP contribution < -0.4 is 9.62 Å². The maximum atomic E-state index is 13.2. The quantitative estimate of drug-likeness (QED) is 0.694. The monoisotopic (exact) mass is 403 g/mol. The van der Waals surface area contributed by atoms with Crippen molar-refractivity contribution in [2.45, 2.75) is 51.5 Å². The summed E-state index contributed by atoms with van der Waals surface area (Å²) in [7, 11) is -3.90. The van der Waals surface area contributed by atoms with Gasteiger partial charge in [0.25, 0.3) is 10.0 Å². The first-order valence-electron chi connectivity index (χ1n) is 9.18. The molecule has 0 bridgehead atoms. The van der Waals surface area contributed by atoms with Gasteiger partial charge in [0.15, 0.2) is 0 Å². The molecule has 0 aromatic heterocycles. The Morgan fingerprint density at radius 1 is 1.18 bits per heavy atom. The molecule has 0 aliphatic heterocycles. The summed E-state index contributed by atoms with van der Waals surface area (Å²) < 4.78 is 27.7. The zero-order valence-electron chi connectivity index (χ0n) is 16.6. The third-order valence-electron chi connectivity index (χ3n) is 4.20. The lowest BCUT2D eigenvalue weighted by Gasteiger charge is -2.29. The van der Waals surface area contributed by atoms with Crippen LogP contribution in [0.15, 0.2) is 47.4 Å². The maximum absolute atomic E-state index is 13.2. The molecule has 0 unspecified atom stereocenters. The number of phenols is 1. The van der Waals surface area contributed by atoms with Crippen molar-refractivity contribution in [3.8, 4) is 5.75 Å². The number of anilines is 2. The molecule has 0 aliphatic rings. The number of carbonyl (C=O) groups excluding carboxylic acids is 1. The Balaban J connectivity index is 2.40. The number of benzene rings is 2. The van der Waals surface area contributed by atoms with Crippen LogP contribution in [0.2, 0.25) is 0 Å². The Kier molecular flexibility index (Phi) is 7.07. The largest absolute Gasteiger partial charge is 0.506 e. The summed E-state index contributed by atoms with van der Waals surface area (Å²) in [6, 6.07) is 10.7. The maximum Gasteiger partial charge on any atom is 0.264 e. The Labute approximate surface area is 167 Å². The van der Waals surface area contributed by atoms with Crippen molar-refractivity contribution in [1.29, 1.82) is 0 Å². The van der Waals surface area contributed by atoms with Gasteiger partial charge >= 0.3 is 0 Å². The lowest BCUT2D eigenvalue weighted by molar-refractivity contribution is -0.114. The fourth-order valence-electron chi connectivity index (χ4n) is 2.93. The first-order chi connectivity index (χ1) is 13.2. The van der Waals surface area contributed by atoms with E-state index in [9.17, 15) is 18.3 Å². The van der Waals surface area contributed by atoms with Gasteiger partial charge in [0.05, 0.1) is 10.6 Å². The summed E-state index contributed by atoms with van der Waals surface area (Å²) in [6.07, 6.45) is 3.70. The van der Waals surface area contributed by atoms with Crippen LogP contribution in [0.4, 0.5) is 11.4 Å². The van der Waals surface area contributed by atoms with E-state index in [0.29, 0.717) is 5.69 Å². The summed E-state index contributed by atoms with van der Waals surface area (Å²) in [5.74, 6) is -0.300. The molecule has 151 valence electrons. The molecule has 0 saturated heterocycles. The fraction of sp³-hybridized carbons (Fsp3) is 0.333. The van der Waals surface area contributed by atoms with Crippen LogP contribution >= 0.6 is 0 Å². The van der Waals surface area contributed by atoms with Crippen LogP contribution in [0.1, 0.15) is 39.7 Å². The highest BCUT2D eigenvalue weighted by molar-refractivity contribution is 7.92. The van der Waals surface area contributed by atoms with Crippen molar-refractivity contribution in [3.63, 3.8) is 0 Å². The summed E-state index contributed by atoms with van der Waals surface area (Å²) in [5, 5.41) is 13.1. The smallest absolute Gasteiger partial charge is 0.264 e. The van der Waals surface area contributed by atoms with Gasteiger partial charge in [-0.2, -0.15) is 0 Å². The van der Waals surface area contributed by atoms with Gasteiger partial charge in [-0.05, 0) is 75.1 Å². The normalized spacial score (nSPS) is 11.5. The number of rotatable bonds is 8. The minimum atomic E-state index is -3.90. The van der Waals surface area contributed by atoms with E-state index in [1.165, 1.54) is 35.5 Å². The SMILES string of the molecule is C[CH]CCc1ccc(N(C(C)C)S(=O)(=O)c2ccc(NC(C)=O)cc2)c(O)c1. The zero-order chi connectivity index (χ0) is 20.9. The lowest BCUT2D eigenvalue weighted by Crippen LogP contribution is -2.37. The minimum Gasteiger partial charge on any atom is -0.506 e. The predicted octanol–water partition coefficient (Wildman–Crippen LogP) is 4.11. The minimum absolute atomic E-state index is 0.0688. The highest BCUT2D eigenvalue weighted by Crippen LogP contribution is 2.34. The van der Waals surface area contributed by atoms with Crippen LogP contribution in [-0.2, 0) is 21.2 Å². The molecule has 6 nitrogen and oxygen atoms in total. The summed E-state index contributed by atoms with van der Waals surface area (Å²) in [5.41, 5.74) is 1.70. The van der Waals surface area contributed by atoms with E-state index >= 15 is 0 Å². The van der Waals surface area contributed by atoms with Gasteiger partial charge in [-0.15, -0.1) is 0 Å². The first-order valence-corrected chi connectivity index (χ1v) is 10.6. The van der Waals surface area contributed by atoms with Crippen molar-refractivity contribution >= 4 is 27.3 Å². The van der Waals surface area contributed by atoms with Crippen LogP contribution in [0, 0.1) is 6.42 Å². The number of unbranched alkanes of at least 4 members (excludes halogenated alkanes) is 1. The molecule has 2 aromatic carbocycles. The van der Waals surface area contributed by atoms with E-state index in [-0.39, 0.29) is 22.2 Å². The van der Waals surface area contributed by atoms with Gasteiger partial charge in [-0.25, -0.2) is 8.42 Å². The molecule has 7 heteroatoms. The van der Waals surface area contributed by atoms with Crippen LogP contribution in [0.25, 0.3) is 0 Å². The van der Waals surface area contributed by atoms with Crippen LogP contribution in [0.3, 0.4) is 0 Å². The number of carbonyl (C=O) groups is 1. The molecule has 2 rings (SSSR count). The van der Waals surface area contributed by atoms with E-state index < -0.39 is 16.1 Å². The molecule has 28 heavy (non-hydrogen) atoms. The van der Waals surface area contributed by atoms with Crippen molar-refractivity contribution in [2.75, 3.05) is 9.62 Å². The van der Waals surface area contributed by atoms with Gasteiger partial charge in [0.1, 0.15) is 5.75 Å². The molecule has 0 saturated carbocycles. The van der Waals surface area contributed by atoms with Gasteiger partial charge in [-0.1, -0.05) is 13.0 Å². The molecule has 0 spiro atoms. The summed E-state index contributed by atoms with van der Waals surface area (Å²) in [4.78, 5) is 11.2. The average molecular weight is 404 g/mol. The Bertz CT molecular complexity index is 922. The van der Waals surface area contributed by atoms with Crippen LogP contribution in [-0.4, -0.2) is 25.5 Å². The fourth-order valence-corrected chi connectivity index (χ4v) is 4.61. The van der Waals surface area contributed by atoms with Gasteiger partial charge < -0.3 is 10.4 Å². The number of hydrogen-bond donors (Lipinski definition) is 2. The lowest BCUT2D eigenvalue weighted by atomic mass is 10.1. The molecular formula is C21H27N2O4S. The Morgan fingerprint density at radius 2 is 1.82 bits per heavy atom. The van der Waals surface area contributed by atoms with Crippen molar-refractivity contribution < 1.29 is 18.3 Å². The number of nitrogens with one attached hydrogen (secondary N) is 1. The zero-order valence-corrected chi connectivity index (χ0v) is 17.5. The van der Waals surface area contributed by atoms with Gasteiger partial charge in [-0.3, -0.25) is 9.10 Å². The average Bonchev–Trinajstić information content (AvgIpc) is 2.61. The van der Waals surface area contributed by atoms with E-state index in [2.05, 4.69) is 5.32 Å². The molecule has 1 amide bonds. The number of aryl methyl sites for hydroxylation is 1. The molecule has 0 fully saturated rings. The van der Waals surface area contributed by atoms with Crippen molar-refractivity contribution in [1.82, 2.24) is 0 Å². The number of aromatic hydroxyl groups is 1. The predicted molar refractivity (Wildman–Crippen MR) is 112 cm³/mol. The first kappa shape index (κ1) is 21.8. The number of amides is 1. The molecule has 0 atom stereocenters. The standard InChI is InChI=1S/C21H27N2O4S/c1-5-6-7-17-8-13-20(21(25)14-17)23(15(2)3)28(26,27)19-11-9-18(10-12-19)22-16(4)24/h5,8-15,25H,6-7H2,1-4H3,(H,22,24). The summed E-state index contributed by atoms with van der Waals surface area (Å²) in [6.45, 7) is 6.86. The van der Waals surface area contributed by atoms with Crippen molar-refractivity contribution in [3.05, 3.63) is 54.4 Å². The molecule has 0 aliphatic carbocycles. The molecule has 0 heterocycles. The molecule has 1 radical (unpaired) electrons. The number of nitrogens with zero attached hydrogens (tertiary/aromatic N) is 1. The third kappa shape index (κ3) is 5.04. The number of sulfonamides is 1. The van der Waals surface area contributed by atoms with E-state index in [4.69, 9.17) is 0 Å². The second-order valence-corrected chi connectivity index (χ2v) is 8.69. The van der Waals surface area contributed by atoms with E-state index in [1.54, 1.807) is 26.0 Å². The molecule has 2 N–H and O–H groups in total.